The molecule has 1 aliphatic rings. The standard InChI is InChI=1S/C18H19IN2O2/c19-17-7-5-16(23-17)6-8-18(22)20-10-12-21-11-9-14-3-1-2-4-15(14)13-21/h1-8H,9-13H2,(H,20,22). The number of furan rings is 1. The zero-order valence-electron chi connectivity index (χ0n) is 12.8. The molecular formula is C18H19IN2O2. The SMILES string of the molecule is O=C(C=Cc1ccc(I)o1)NCCN1CCc2ccccc2C1. The second-order valence-electron chi connectivity index (χ2n) is 5.56. The Morgan fingerprint density at radius 1 is 1.26 bits per heavy atom. The largest absolute Gasteiger partial charge is 0.451 e. The number of hydrogen-bond donors (Lipinski definition) is 1. The van der Waals surface area contributed by atoms with E-state index in [4.69, 9.17) is 4.42 Å². The van der Waals surface area contributed by atoms with Gasteiger partial charge in [-0.25, -0.2) is 0 Å². The van der Waals surface area contributed by atoms with Crippen LogP contribution < -0.4 is 5.32 Å². The summed E-state index contributed by atoms with van der Waals surface area (Å²) in [5.41, 5.74) is 2.85. The van der Waals surface area contributed by atoms with E-state index < -0.39 is 0 Å². The first-order valence-electron chi connectivity index (χ1n) is 7.71. The van der Waals surface area contributed by atoms with E-state index in [0.717, 1.165) is 29.8 Å². The van der Waals surface area contributed by atoms with Crippen LogP contribution in [0.15, 0.2) is 46.9 Å². The third-order valence-electron chi connectivity index (χ3n) is 3.93. The van der Waals surface area contributed by atoms with Crippen molar-refractivity contribution in [1.29, 1.82) is 0 Å². The summed E-state index contributed by atoms with van der Waals surface area (Å²) in [6.07, 6.45) is 4.29. The highest BCUT2D eigenvalue weighted by Gasteiger charge is 2.14. The number of carbonyl (C=O) groups excluding carboxylic acids is 1. The van der Waals surface area contributed by atoms with Crippen LogP contribution in [0.25, 0.3) is 6.08 Å². The maximum Gasteiger partial charge on any atom is 0.244 e. The molecule has 120 valence electrons. The summed E-state index contributed by atoms with van der Waals surface area (Å²) < 4.78 is 6.19. The summed E-state index contributed by atoms with van der Waals surface area (Å²) in [6.45, 7) is 3.54. The first-order valence-corrected chi connectivity index (χ1v) is 8.79. The molecule has 0 bridgehead atoms. The number of hydrogen-bond acceptors (Lipinski definition) is 3. The molecule has 0 radical (unpaired) electrons. The molecule has 1 aromatic heterocycles. The highest BCUT2D eigenvalue weighted by molar-refractivity contribution is 14.1. The van der Waals surface area contributed by atoms with Crippen molar-refractivity contribution in [3.63, 3.8) is 0 Å². The fraction of sp³-hybridized carbons (Fsp3) is 0.278. The van der Waals surface area contributed by atoms with E-state index in [1.807, 2.05) is 12.1 Å². The van der Waals surface area contributed by atoms with Gasteiger partial charge in [0.2, 0.25) is 5.91 Å². The zero-order valence-corrected chi connectivity index (χ0v) is 15.0. The van der Waals surface area contributed by atoms with E-state index >= 15 is 0 Å². The van der Waals surface area contributed by atoms with Crippen LogP contribution in [0, 0.1) is 3.77 Å². The second kappa shape index (κ2) is 7.79. The Morgan fingerprint density at radius 2 is 2.09 bits per heavy atom. The smallest absolute Gasteiger partial charge is 0.244 e. The van der Waals surface area contributed by atoms with Crippen molar-refractivity contribution in [3.8, 4) is 0 Å². The van der Waals surface area contributed by atoms with Gasteiger partial charge in [0.05, 0.1) is 0 Å². The molecule has 0 unspecified atom stereocenters. The highest BCUT2D eigenvalue weighted by atomic mass is 127. The highest BCUT2D eigenvalue weighted by Crippen LogP contribution is 2.17. The Kier molecular flexibility index (Phi) is 5.51. The Bertz CT molecular complexity index is 709. The summed E-state index contributed by atoms with van der Waals surface area (Å²) in [6, 6.07) is 12.3. The normalized spacial score (nSPS) is 14.8. The lowest BCUT2D eigenvalue weighted by atomic mass is 10.00. The predicted molar refractivity (Wildman–Crippen MR) is 98.9 cm³/mol. The van der Waals surface area contributed by atoms with Gasteiger partial charge in [-0.15, -0.1) is 0 Å². The number of carbonyl (C=O) groups is 1. The lowest BCUT2D eigenvalue weighted by molar-refractivity contribution is -0.116. The Hall–Kier alpha value is -1.60. The van der Waals surface area contributed by atoms with Gasteiger partial charge in [0.15, 0.2) is 3.77 Å². The molecule has 5 heteroatoms. The molecule has 0 saturated heterocycles. The van der Waals surface area contributed by atoms with E-state index in [1.54, 1.807) is 6.08 Å². The van der Waals surface area contributed by atoms with Crippen molar-refractivity contribution in [2.24, 2.45) is 0 Å². The monoisotopic (exact) mass is 422 g/mol. The third kappa shape index (κ3) is 4.68. The summed E-state index contributed by atoms with van der Waals surface area (Å²) in [5.74, 6) is 0.603. The van der Waals surface area contributed by atoms with Crippen molar-refractivity contribution in [1.82, 2.24) is 10.2 Å². The van der Waals surface area contributed by atoms with Gasteiger partial charge in [0.1, 0.15) is 5.76 Å². The molecule has 0 atom stereocenters. The lowest BCUT2D eigenvalue weighted by Crippen LogP contribution is -2.37. The molecular weight excluding hydrogens is 403 g/mol. The van der Waals surface area contributed by atoms with Crippen LogP contribution in [0.2, 0.25) is 0 Å². The Labute approximate surface area is 149 Å². The van der Waals surface area contributed by atoms with Crippen LogP contribution in [0.1, 0.15) is 16.9 Å². The van der Waals surface area contributed by atoms with Crippen LogP contribution >= 0.6 is 22.6 Å². The van der Waals surface area contributed by atoms with Crippen LogP contribution in [-0.4, -0.2) is 30.4 Å². The van der Waals surface area contributed by atoms with Crippen molar-refractivity contribution in [3.05, 3.63) is 63.1 Å². The first-order chi connectivity index (χ1) is 11.2. The van der Waals surface area contributed by atoms with Crippen molar-refractivity contribution >= 4 is 34.6 Å². The van der Waals surface area contributed by atoms with Gasteiger partial charge >= 0.3 is 0 Å². The van der Waals surface area contributed by atoms with Crippen LogP contribution in [-0.2, 0) is 17.8 Å². The Balaban J connectivity index is 1.41. The summed E-state index contributed by atoms with van der Waals surface area (Å²) in [5, 5.41) is 2.92. The maximum atomic E-state index is 11.8. The second-order valence-corrected chi connectivity index (χ2v) is 6.62. The zero-order chi connectivity index (χ0) is 16.1. The summed E-state index contributed by atoms with van der Waals surface area (Å²) >= 11 is 2.10. The number of nitrogens with one attached hydrogen (secondary N) is 1. The molecule has 4 nitrogen and oxygen atoms in total. The minimum atomic E-state index is -0.0891. The molecule has 0 aliphatic carbocycles. The van der Waals surface area contributed by atoms with E-state index in [2.05, 4.69) is 57.1 Å². The average Bonchev–Trinajstić information content (AvgIpc) is 2.98. The van der Waals surface area contributed by atoms with Gasteiger partial charge < -0.3 is 9.73 Å². The number of fused-ring (bicyclic) bond motifs is 1. The van der Waals surface area contributed by atoms with Crippen molar-refractivity contribution in [2.75, 3.05) is 19.6 Å². The first kappa shape index (κ1) is 16.3. The quantitative estimate of drug-likeness (QED) is 0.595. The lowest BCUT2D eigenvalue weighted by Gasteiger charge is -2.28. The van der Waals surface area contributed by atoms with Crippen LogP contribution in [0.5, 0.6) is 0 Å². The summed E-state index contributed by atoms with van der Waals surface area (Å²) in [7, 11) is 0. The van der Waals surface area contributed by atoms with Gasteiger partial charge in [-0.2, -0.15) is 0 Å². The van der Waals surface area contributed by atoms with Crippen molar-refractivity contribution in [2.45, 2.75) is 13.0 Å². The number of nitrogens with zero attached hydrogens (tertiary/aromatic N) is 1. The maximum absolute atomic E-state index is 11.8. The van der Waals surface area contributed by atoms with Crippen LogP contribution in [0.3, 0.4) is 0 Å². The van der Waals surface area contributed by atoms with E-state index in [0.29, 0.717) is 12.3 Å². The molecule has 0 spiro atoms. The van der Waals surface area contributed by atoms with Gasteiger partial charge in [-0.05, 0) is 58.3 Å². The van der Waals surface area contributed by atoms with Crippen molar-refractivity contribution < 1.29 is 9.21 Å². The molecule has 23 heavy (non-hydrogen) atoms. The molecule has 3 rings (SSSR count). The molecule has 0 saturated carbocycles. The fourth-order valence-electron chi connectivity index (χ4n) is 2.72. The van der Waals surface area contributed by atoms with Crippen LogP contribution in [0.4, 0.5) is 0 Å². The number of benzene rings is 1. The van der Waals surface area contributed by atoms with Gasteiger partial charge in [0, 0.05) is 32.3 Å². The predicted octanol–water partition coefficient (Wildman–Crippen LogP) is 3.07. The van der Waals surface area contributed by atoms with Gasteiger partial charge in [-0.1, -0.05) is 24.3 Å². The molecule has 2 heterocycles. The molecule has 1 aliphatic heterocycles. The summed E-state index contributed by atoms with van der Waals surface area (Å²) in [4.78, 5) is 14.2. The van der Waals surface area contributed by atoms with Gasteiger partial charge in [-0.3, -0.25) is 9.69 Å². The fourth-order valence-corrected chi connectivity index (χ4v) is 3.15. The topological polar surface area (TPSA) is 45.5 Å². The molecule has 1 amide bonds. The van der Waals surface area contributed by atoms with E-state index in [1.165, 1.54) is 17.2 Å². The minimum Gasteiger partial charge on any atom is -0.451 e. The Morgan fingerprint density at radius 3 is 2.87 bits per heavy atom. The molecule has 1 aromatic carbocycles. The average molecular weight is 422 g/mol. The van der Waals surface area contributed by atoms with E-state index in [9.17, 15) is 4.79 Å². The molecule has 2 aromatic rings. The number of rotatable bonds is 5. The van der Waals surface area contributed by atoms with Gasteiger partial charge in [0.25, 0.3) is 0 Å². The van der Waals surface area contributed by atoms with E-state index in [-0.39, 0.29) is 5.91 Å². The number of halogens is 1. The minimum absolute atomic E-state index is 0.0891. The molecule has 1 N–H and O–H groups in total. The number of amides is 1. The molecule has 0 fully saturated rings. The third-order valence-corrected chi connectivity index (χ3v) is 4.51.